The summed E-state index contributed by atoms with van der Waals surface area (Å²) < 4.78 is 78.4. The normalized spacial score (nSPS) is 21.8. The van der Waals surface area contributed by atoms with Gasteiger partial charge in [0.05, 0.1) is 5.69 Å². The minimum absolute atomic E-state index is 0.0514. The minimum atomic E-state index is -5.27. The molecule has 3 heterocycles. The smallest absolute Gasteiger partial charge is 0.346 e. The molecule has 1 aliphatic carbocycles. The molecule has 0 spiro atoms. The van der Waals surface area contributed by atoms with Gasteiger partial charge in [0.25, 0.3) is 0 Å². The van der Waals surface area contributed by atoms with Crippen molar-refractivity contribution in [2.24, 2.45) is 11.8 Å². The summed E-state index contributed by atoms with van der Waals surface area (Å²) in [5.74, 6) is -3.92. The van der Waals surface area contributed by atoms with E-state index >= 15 is 0 Å². The highest BCUT2D eigenvalue weighted by Gasteiger charge is 2.56. The average molecular weight is 405 g/mol. The molecule has 0 amide bonds. The summed E-state index contributed by atoms with van der Waals surface area (Å²) in [5.41, 5.74) is 2.16. The van der Waals surface area contributed by atoms with Crippen LogP contribution in [0.5, 0.6) is 0 Å². The van der Waals surface area contributed by atoms with Crippen LogP contribution in [0, 0.1) is 11.8 Å². The Morgan fingerprint density at radius 1 is 1.07 bits per heavy atom. The fraction of sp³-hybridized carbons (Fsp3) is 0.588. The Hall–Kier alpha value is -2.33. The van der Waals surface area contributed by atoms with Crippen molar-refractivity contribution < 1.29 is 26.3 Å². The number of H-pyrrole nitrogens is 1. The molecular formula is C17H17F6N5. The van der Waals surface area contributed by atoms with Crippen LogP contribution in [0.4, 0.5) is 26.3 Å². The van der Waals surface area contributed by atoms with Gasteiger partial charge in [-0.05, 0) is 44.1 Å². The lowest BCUT2D eigenvalue weighted by Gasteiger charge is -2.31. The van der Waals surface area contributed by atoms with Gasteiger partial charge in [0, 0.05) is 17.5 Å². The average Bonchev–Trinajstić information content (AvgIpc) is 3.24. The van der Waals surface area contributed by atoms with Gasteiger partial charge >= 0.3 is 12.4 Å². The van der Waals surface area contributed by atoms with Crippen molar-refractivity contribution in [1.82, 2.24) is 24.8 Å². The SMILES string of the molecule is FC(F)(F)C(CC1CCC(c2nnn3cnc4[nH]ccc4c23)CC1)C(F)(F)F. The number of aromatic amines is 1. The second-order valence-electron chi connectivity index (χ2n) is 7.34. The molecule has 4 rings (SSSR count). The summed E-state index contributed by atoms with van der Waals surface area (Å²) in [6, 6.07) is 1.84. The number of hydrogen-bond donors (Lipinski definition) is 1. The van der Waals surface area contributed by atoms with E-state index in [0.29, 0.717) is 37.0 Å². The molecule has 5 nitrogen and oxygen atoms in total. The summed E-state index contributed by atoms with van der Waals surface area (Å²) >= 11 is 0. The van der Waals surface area contributed by atoms with Crippen LogP contribution in [0.1, 0.15) is 43.7 Å². The van der Waals surface area contributed by atoms with E-state index in [1.807, 2.05) is 6.07 Å². The van der Waals surface area contributed by atoms with Crippen LogP contribution in [-0.4, -0.2) is 37.1 Å². The summed E-state index contributed by atoms with van der Waals surface area (Å²) in [4.78, 5) is 7.21. The molecule has 1 fully saturated rings. The van der Waals surface area contributed by atoms with E-state index in [9.17, 15) is 26.3 Å². The standard InChI is InChI=1S/C17H17F6N5/c18-16(19,20)12(17(21,22)23)7-9-1-3-10(4-2-9)13-14-11-5-6-24-15(11)25-8-28(14)27-26-13/h5-6,8-10,12,24H,1-4,7H2. The van der Waals surface area contributed by atoms with E-state index in [4.69, 9.17) is 0 Å². The highest BCUT2D eigenvalue weighted by molar-refractivity contribution is 5.92. The predicted octanol–water partition coefficient (Wildman–Crippen LogP) is 5.01. The van der Waals surface area contributed by atoms with E-state index in [0.717, 1.165) is 10.9 Å². The Kier molecular flexibility index (Phi) is 4.50. The lowest BCUT2D eigenvalue weighted by atomic mass is 9.76. The van der Waals surface area contributed by atoms with Gasteiger partial charge in [-0.15, -0.1) is 5.10 Å². The highest BCUT2D eigenvalue weighted by Crippen LogP contribution is 2.47. The molecule has 3 aromatic rings. The molecular weight excluding hydrogens is 388 g/mol. The molecule has 1 saturated carbocycles. The number of rotatable bonds is 3. The van der Waals surface area contributed by atoms with Gasteiger partial charge in [-0.3, -0.25) is 0 Å². The maximum absolute atomic E-state index is 12.8. The number of nitrogens with zero attached hydrogens (tertiary/aromatic N) is 4. The third kappa shape index (κ3) is 3.42. The minimum Gasteiger partial charge on any atom is -0.346 e. The number of hydrogen-bond acceptors (Lipinski definition) is 3. The molecule has 1 N–H and O–H groups in total. The first-order chi connectivity index (χ1) is 13.1. The Labute approximate surface area is 155 Å². The van der Waals surface area contributed by atoms with Gasteiger partial charge in [0.1, 0.15) is 17.5 Å². The third-order valence-corrected chi connectivity index (χ3v) is 5.59. The van der Waals surface area contributed by atoms with Gasteiger partial charge in [0.2, 0.25) is 0 Å². The van der Waals surface area contributed by atoms with Crippen LogP contribution in [0.15, 0.2) is 18.6 Å². The monoisotopic (exact) mass is 405 g/mol. The molecule has 0 atom stereocenters. The van der Waals surface area contributed by atoms with E-state index in [-0.39, 0.29) is 5.92 Å². The molecule has 0 radical (unpaired) electrons. The lowest BCUT2D eigenvalue weighted by molar-refractivity contribution is -0.288. The summed E-state index contributed by atoms with van der Waals surface area (Å²) in [6.45, 7) is 0. The van der Waals surface area contributed by atoms with Crippen molar-refractivity contribution in [3.63, 3.8) is 0 Å². The highest BCUT2D eigenvalue weighted by atomic mass is 19.4. The van der Waals surface area contributed by atoms with Gasteiger partial charge in [-0.1, -0.05) is 5.21 Å². The van der Waals surface area contributed by atoms with Crippen molar-refractivity contribution in [3.05, 3.63) is 24.3 Å². The fourth-order valence-electron chi connectivity index (χ4n) is 4.15. The molecule has 0 saturated heterocycles. The van der Waals surface area contributed by atoms with E-state index in [1.54, 1.807) is 10.7 Å². The van der Waals surface area contributed by atoms with E-state index < -0.39 is 30.6 Å². The zero-order valence-electron chi connectivity index (χ0n) is 14.6. The van der Waals surface area contributed by atoms with E-state index in [2.05, 4.69) is 20.3 Å². The molecule has 3 aromatic heterocycles. The van der Waals surface area contributed by atoms with Crippen LogP contribution >= 0.6 is 0 Å². The summed E-state index contributed by atoms with van der Waals surface area (Å²) in [6.07, 6.45) is -6.63. The number of alkyl halides is 6. The predicted molar refractivity (Wildman–Crippen MR) is 87.6 cm³/mol. The number of fused-ring (bicyclic) bond motifs is 3. The molecule has 0 bridgehead atoms. The first-order valence-corrected chi connectivity index (χ1v) is 8.95. The van der Waals surface area contributed by atoms with Crippen molar-refractivity contribution in [2.45, 2.75) is 50.4 Å². The molecule has 1 aliphatic rings. The summed E-state index contributed by atoms with van der Waals surface area (Å²) in [7, 11) is 0. The molecule has 152 valence electrons. The fourth-order valence-corrected chi connectivity index (χ4v) is 4.15. The Balaban J connectivity index is 1.50. The van der Waals surface area contributed by atoms with Crippen LogP contribution in [0.25, 0.3) is 16.6 Å². The van der Waals surface area contributed by atoms with Gasteiger partial charge in [-0.25, -0.2) is 9.50 Å². The second-order valence-corrected chi connectivity index (χ2v) is 7.34. The maximum atomic E-state index is 12.8. The van der Waals surface area contributed by atoms with Crippen molar-refractivity contribution in [1.29, 1.82) is 0 Å². The molecule has 0 aliphatic heterocycles. The van der Waals surface area contributed by atoms with Crippen LogP contribution < -0.4 is 0 Å². The Morgan fingerprint density at radius 3 is 2.39 bits per heavy atom. The third-order valence-electron chi connectivity index (χ3n) is 5.59. The first-order valence-electron chi connectivity index (χ1n) is 8.95. The lowest BCUT2D eigenvalue weighted by Crippen LogP contribution is -2.38. The van der Waals surface area contributed by atoms with Crippen molar-refractivity contribution in [2.75, 3.05) is 0 Å². The molecule has 0 unspecified atom stereocenters. The second kappa shape index (κ2) is 6.63. The number of halogens is 6. The first kappa shape index (κ1) is 19.0. The molecule has 28 heavy (non-hydrogen) atoms. The van der Waals surface area contributed by atoms with Gasteiger partial charge < -0.3 is 4.98 Å². The van der Waals surface area contributed by atoms with Gasteiger partial charge in [0.15, 0.2) is 5.92 Å². The van der Waals surface area contributed by atoms with Crippen LogP contribution in [0.3, 0.4) is 0 Å². The Bertz CT molecular complexity index is 950. The summed E-state index contributed by atoms with van der Waals surface area (Å²) in [5, 5.41) is 9.09. The number of aromatic nitrogens is 5. The van der Waals surface area contributed by atoms with Gasteiger partial charge in [-0.2, -0.15) is 26.3 Å². The van der Waals surface area contributed by atoms with E-state index in [1.165, 1.54) is 6.33 Å². The zero-order valence-corrected chi connectivity index (χ0v) is 14.6. The Morgan fingerprint density at radius 2 is 1.75 bits per heavy atom. The van der Waals surface area contributed by atoms with Crippen molar-refractivity contribution >= 4 is 16.6 Å². The van der Waals surface area contributed by atoms with Crippen molar-refractivity contribution in [3.8, 4) is 0 Å². The molecule has 11 heteroatoms. The number of nitrogens with one attached hydrogen (secondary N) is 1. The van der Waals surface area contributed by atoms with Crippen LogP contribution in [-0.2, 0) is 0 Å². The van der Waals surface area contributed by atoms with Crippen LogP contribution in [0.2, 0.25) is 0 Å². The molecule has 0 aromatic carbocycles. The largest absolute Gasteiger partial charge is 0.400 e. The zero-order chi connectivity index (χ0) is 20.1. The topological polar surface area (TPSA) is 58.9 Å². The quantitative estimate of drug-likeness (QED) is 0.623. The maximum Gasteiger partial charge on any atom is 0.400 e.